The monoisotopic (exact) mass is 465 g/mol. The summed E-state index contributed by atoms with van der Waals surface area (Å²) in [6, 6.07) is 12.1. The molecule has 2 aromatic carbocycles. The molecule has 1 aromatic heterocycles. The number of methoxy groups -OCH3 is 1. The van der Waals surface area contributed by atoms with Crippen molar-refractivity contribution in [3.8, 4) is 17.0 Å². The number of imidazole rings is 1. The van der Waals surface area contributed by atoms with Crippen LogP contribution in [0.1, 0.15) is 0 Å². The molecule has 0 amide bonds. The maximum atomic E-state index is 13.0. The van der Waals surface area contributed by atoms with Gasteiger partial charge in [0.25, 0.3) is 10.0 Å². The van der Waals surface area contributed by atoms with Gasteiger partial charge in [-0.3, -0.25) is 4.72 Å². The highest BCUT2D eigenvalue weighted by molar-refractivity contribution is 9.10. The number of aryl methyl sites for hydroxylation is 1. The largest absolute Gasteiger partial charge is 0.495 e. The summed E-state index contributed by atoms with van der Waals surface area (Å²) in [6.07, 6.45) is 1.96. The summed E-state index contributed by atoms with van der Waals surface area (Å²) in [6.45, 7) is 0.913. The number of fused-ring (bicyclic) bond motifs is 1. The van der Waals surface area contributed by atoms with E-state index in [1.54, 1.807) is 36.0 Å². The van der Waals surface area contributed by atoms with Gasteiger partial charge in [0.2, 0.25) is 0 Å². The van der Waals surface area contributed by atoms with E-state index in [1.165, 1.54) is 13.2 Å². The van der Waals surface area contributed by atoms with Crippen molar-refractivity contribution in [3.63, 3.8) is 0 Å². The Labute approximate surface area is 170 Å². The van der Waals surface area contributed by atoms with Gasteiger partial charge in [-0.2, -0.15) is 0 Å². The predicted molar refractivity (Wildman–Crippen MR) is 110 cm³/mol. The number of aromatic nitrogens is 2. The number of anilines is 1. The molecular weight excluding hydrogens is 450 g/mol. The summed E-state index contributed by atoms with van der Waals surface area (Å²) in [4.78, 5) is 4.70. The Morgan fingerprint density at radius 2 is 2.07 bits per heavy atom. The number of hydrogen-bond donors (Lipinski definition) is 1. The van der Waals surface area contributed by atoms with Crippen LogP contribution in [0.25, 0.3) is 11.3 Å². The minimum Gasteiger partial charge on any atom is -0.495 e. The molecule has 9 heteroatoms. The molecule has 0 aliphatic carbocycles. The molecule has 0 saturated carbocycles. The number of ether oxygens (including phenoxy) is 1. The number of sulfonamides is 1. The lowest BCUT2D eigenvalue weighted by atomic mass is 10.1. The van der Waals surface area contributed by atoms with Gasteiger partial charge in [0, 0.05) is 28.5 Å². The molecule has 0 spiro atoms. The summed E-state index contributed by atoms with van der Waals surface area (Å²) in [5.74, 6) is 1.29. The molecule has 2 heterocycles. The number of nitrogens with zero attached hydrogens (tertiary/aromatic N) is 2. The molecule has 4 rings (SSSR count). The second kappa shape index (κ2) is 7.21. The van der Waals surface area contributed by atoms with Gasteiger partial charge in [0.1, 0.15) is 10.6 Å². The fourth-order valence-corrected chi connectivity index (χ4v) is 5.63. The third-order valence-corrected chi connectivity index (χ3v) is 7.02. The highest BCUT2D eigenvalue weighted by atomic mass is 79.9. The molecular formula is C18H16BrN3O3S2. The third-order valence-electron chi connectivity index (χ3n) is 4.17. The van der Waals surface area contributed by atoms with E-state index in [1.807, 2.05) is 18.3 Å². The summed E-state index contributed by atoms with van der Waals surface area (Å²) >= 11 is 5.01. The minimum absolute atomic E-state index is 0.0667. The first-order chi connectivity index (χ1) is 13.0. The molecule has 0 bridgehead atoms. The van der Waals surface area contributed by atoms with Crippen LogP contribution in [0, 0.1) is 0 Å². The molecule has 0 radical (unpaired) electrons. The summed E-state index contributed by atoms with van der Waals surface area (Å²) < 4.78 is 36.7. The van der Waals surface area contributed by atoms with E-state index in [0.29, 0.717) is 10.2 Å². The lowest BCUT2D eigenvalue weighted by Gasteiger charge is -2.14. The first-order valence-electron chi connectivity index (χ1n) is 8.14. The number of nitrogens with one attached hydrogen (secondary N) is 1. The summed E-state index contributed by atoms with van der Waals surface area (Å²) in [5.41, 5.74) is 1.95. The maximum absolute atomic E-state index is 13.0. The van der Waals surface area contributed by atoms with Gasteiger partial charge in [-0.05, 0) is 24.3 Å². The van der Waals surface area contributed by atoms with E-state index >= 15 is 0 Å². The molecule has 6 nitrogen and oxygen atoms in total. The molecule has 0 fully saturated rings. The van der Waals surface area contributed by atoms with Gasteiger partial charge in [-0.25, -0.2) is 13.4 Å². The van der Waals surface area contributed by atoms with Crippen LogP contribution < -0.4 is 9.46 Å². The van der Waals surface area contributed by atoms with Gasteiger partial charge < -0.3 is 9.30 Å². The Morgan fingerprint density at radius 3 is 2.85 bits per heavy atom. The number of thioether (sulfide) groups is 1. The van der Waals surface area contributed by atoms with Crippen LogP contribution in [0.3, 0.4) is 0 Å². The zero-order valence-electron chi connectivity index (χ0n) is 14.3. The number of benzene rings is 2. The second-order valence-electron chi connectivity index (χ2n) is 5.90. The zero-order chi connectivity index (χ0) is 19.0. The van der Waals surface area contributed by atoms with E-state index in [-0.39, 0.29) is 10.6 Å². The first-order valence-corrected chi connectivity index (χ1v) is 11.4. The van der Waals surface area contributed by atoms with Crippen molar-refractivity contribution in [2.45, 2.75) is 16.6 Å². The number of hydrogen-bond acceptors (Lipinski definition) is 5. The van der Waals surface area contributed by atoms with Crippen LogP contribution in [-0.2, 0) is 16.6 Å². The van der Waals surface area contributed by atoms with E-state index in [0.717, 1.165) is 28.7 Å². The lowest BCUT2D eigenvalue weighted by Crippen LogP contribution is -2.14. The quantitative estimate of drug-likeness (QED) is 0.610. The van der Waals surface area contributed by atoms with Crippen molar-refractivity contribution >= 4 is 43.4 Å². The highest BCUT2D eigenvalue weighted by Gasteiger charge is 2.23. The number of para-hydroxylation sites is 1. The van der Waals surface area contributed by atoms with Crippen molar-refractivity contribution in [1.82, 2.24) is 9.55 Å². The van der Waals surface area contributed by atoms with Crippen LogP contribution in [0.4, 0.5) is 5.69 Å². The zero-order valence-corrected chi connectivity index (χ0v) is 17.6. The van der Waals surface area contributed by atoms with E-state index in [4.69, 9.17) is 4.74 Å². The van der Waals surface area contributed by atoms with E-state index in [2.05, 4.69) is 30.2 Å². The average molecular weight is 466 g/mol. The van der Waals surface area contributed by atoms with Gasteiger partial charge in [-0.15, -0.1) is 0 Å². The van der Waals surface area contributed by atoms with Gasteiger partial charge >= 0.3 is 0 Å². The molecule has 0 saturated heterocycles. The first kappa shape index (κ1) is 18.4. The van der Waals surface area contributed by atoms with Crippen LogP contribution >= 0.6 is 27.7 Å². The lowest BCUT2D eigenvalue weighted by molar-refractivity contribution is 0.403. The van der Waals surface area contributed by atoms with E-state index in [9.17, 15) is 8.42 Å². The van der Waals surface area contributed by atoms with Crippen LogP contribution in [0.2, 0.25) is 0 Å². The van der Waals surface area contributed by atoms with Gasteiger partial charge in [0.05, 0.1) is 18.5 Å². The highest BCUT2D eigenvalue weighted by Crippen LogP contribution is 2.35. The van der Waals surface area contributed by atoms with Crippen molar-refractivity contribution in [1.29, 1.82) is 0 Å². The SMILES string of the molecule is COc1ccc(Br)cc1S(=O)(=O)Nc1ccccc1-c1cn2c(n1)SCC2. The van der Waals surface area contributed by atoms with Gasteiger partial charge in [-0.1, -0.05) is 45.9 Å². The number of rotatable bonds is 5. The van der Waals surface area contributed by atoms with Crippen LogP contribution in [0.5, 0.6) is 5.75 Å². The summed E-state index contributed by atoms with van der Waals surface area (Å²) in [5, 5.41) is 0.955. The fourth-order valence-electron chi connectivity index (χ4n) is 2.90. The molecule has 0 atom stereocenters. The Hall–Kier alpha value is -1.97. The molecule has 3 aromatic rings. The standard InChI is InChI=1S/C18H16BrN3O3S2/c1-25-16-7-6-12(19)10-17(16)27(23,24)21-14-5-3-2-4-13(14)15-11-22-8-9-26-18(22)20-15/h2-7,10-11,21H,8-9H2,1H3. The molecule has 1 aliphatic heterocycles. The Kier molecular flexibility index (Phi) is 4.92. The molecule has 0 unspecified atom stereocenters. The molecule has 27 heavy (non-hydrogen) atoms. The fraction of sp³-hybridized carbons (Fsp3) is 0.167. The molecule has 140 valence electrons. The average Bonchev–Trinajstić information content (AvgIpc) is 3.24. The van der Waals surface area contributed by atoms with Gasteiger partial charge in [0.15, 0.2) is 5.16 Å². The third kappa shape index (κ3) is 3.59. The topological polar surface area (TPSA) is 73.2 Å². The maximum Gasteiger partial charge on any atom is 0.265 e. The predicted octanol–water partition coefficient (Wildman–Crippen LogP) is 4.23. The van der Waals surface area contributed by atoms with Crippen molar-refractivity contribution in [2.75, 3.05) is 17.6 Å². The van der Waals surface area contributed by atoms with Crippen molar-refractivity contribution in [2.24, 2.45) is 0 Å². The summed E-state index contributed by atoms with van der Waals surface area (Å²) in [7, 11) is -2.40. The van der Waals surface area contributed by atoms with Crippen LogP contribution in [-0.4, -0.2) is 30.8 Å². The van der Waals surface area contributed by atoms with Crippen LogP contribution in [0.15, 0.2) is 63.2 Å². The molecule has 1 N–H and O–H groups in total. The minimum atomic E-state index is -3.85. The second-order valence-corrected chi connectivity index (χ2v) is 9.53. The molecule has 1 aliphatic rings. The van der Waals surface area contributed by atoms with Crippen molar-refractivity contribution in [3.05, 3.63) is 53.1 Å². The Bertz CT molecular complexity index is 1090. The smallest absolute Gasteiger partial charge is 0.265 e. The normalized spacial score (nSPS) is 13.4. The van der Waals surface area contributed by atoms with Crippen molar-refractivity contribution < 1.29 is 13.2 Å². The Morgan fingerprint density at radius 1 is 1.26 bits per heavy atom. The number of halogens is 1. The van der Waals surface area contributed by atoms with E-state index < -0.39 is 10.0 Å². The Balaban J connectivity index is 1.74.